The molecule has 100 valence electrons. The molecule has 0 radical (unpaired) electrons. The molecule has 4 N–H and O–H groups in total. The van der Waals surface area contributed by atoms with Gasteiger partial charge in [0.15, 0.2) is 0 Å². The number of hydrogen-bond acceptors (Lipinski definition) is 6. The largest absolute Gasteiger partial charge is 0.508 e. The van der Waals surface area contributed by atoms with Crippen LogP contribution >= 0.6 is 0 Å². The number of hydrazine groups is 1. The predicted octanol–water partition coefficient (Wildman–Crippen LogP) is -0.571. The van der Waals surface area contributed by atoms with E-state index in [0.29, 0.717) is 0 Å². The van der Waals surface area contributed by atoms with E-state index in [0.717, 1.165) is 17.1 Å². The standard InChI is InChI=1S/C10H10N4O4S/c11-13-19(17,18)9-5-12-14(6-9)10(16)7-1-3-8(15)4-2-7/h1-6,13,15H,11H2. The summed E-state index contributed by atoms with van der Waals surface area (Å²) in [5.74, 6) is 4.36. The first-order valence-corrected chi connectivity index (χ1v) is 6.53. The van der Waals surface area contributed by atoms with Crippen LogP contribution in [-0.2, 0) is 10.0 Å². The van der Waals surface area contributed by atoms with Gasteiger partial charge >= 0.3 is 0 Å². The van der Waals surface area contributed by atoms with Crippen LogP contribution in [0, 0.1) is 0 Å². The lowest BCUT2D eigenvalue weighted by Crippen LogP contribution is -2.29. The maximum atomic E-state index is 12.0. The Kier molecular flexibility index (Phi) is 3.34. The Hall–Kier alpha value is -2.23. The van der Waals surface area contributed by atoms with Crippen molar-refractivity contribution >= 4 is 15.9 Å². The zero-order valence-corrected chi connectivity index (χ0v) is 10.3. The molecule has 0 amide bonds. The fourth-order valence-electron chi connectivity index (χ4n) is 1.36. The smallest absolute Gasteiger partial charge is 0.278 e. The van der Waals surface area contributed by atoms with Gasteiger partial charge in [-0.3, -0.25) is 10.6 Å². The molecule has 1 aromatic heterocycles. The van der Waals surface area contributed by atoms with Crippen molar-refractivity contribution in [2.45, 2.75) is 4.90 Å². The molecule has 19 heavy (non-hydrogen) atoms. The third kappa shape index (κ3) is 2.62. The van der Waals surface area contributed by atoms with Crippen molar-refractivity contribution in [1.29, 1.82) is 0 Å². The van der Waals surface area contributed by atoms with Crippen molar-refractivity contribution in [3.05, 3.63) is 42.2 Å². The number of phenols is 1. The number of aromatic hydroxyl groups is 1. The molecule has 2 aromatic rings. The molecule has 0 fully saturated rings. The Morgan fingerprint density at radius 1 is 1.32 bits per heavy atom. The summed E-state index contributed by atoms with van der Waals surface area (Å²) in [6.07, 6.45) is 2.05. The van der Waals surface area contributed by atoms with Gasteiger partial charge in [0.1, 0.15) is 10.6 Å². The summed E-state index contributed by atoms with van der Waals surface area (Å²) in [5, 5.41) is 12.8. The Balaban J connectivity index is 2.33. The lowest BCUT2D eigenvalue weighted by molar-refractivity contribution is 0.0945. The molecular formula is C10H10N4O4S. The second-order valence-corrected chi connectivity index (χ2v) is 5.31. The van der Waals surface area contributed by atoms with Crippen LogP contribution < -0.4 is 10.7 Å². The molecule has 1 heterocycles. The number of nitrogens with zero attached hydrogens (tertiary/aromatic N) is 2. The van der Waals surface area contributed by atoms with Gasteiger partial charge in [0.2, 0.25) is 0 Å². The minimum absolute atomic E-state index is 0.0209. The average molecular weight is 282 g/mol. The highest BCUT2D eigenvalue weighted by atomic mass is 32.2. The maximum Gasteiger partial charge on any atom is 0.278 e. The zero-order valence-electron chi connectivity index (χ0n) is 9.52. The van der Waals surface area contributed by atoms with Gasteiger partial charge in [-0.2, -0.15) is 5.10 Å². The van der Waals surface area contributed by atoms with Gasteiger partial charge in [0.25, 0.3) is 15.9 Å². The van der Waals surface area contributed by atoms with E-state index in [4.69, 9.17) is 10.9 Å². The molecule has 9 heteroatoms. The van der Waals surface area contributed by atoms with Gasteiger partial charge in [-0.1, -0.05) is 0 Å². The number of nitrogens with two attached hydrogens (primary N) is 1. The number of phenolic OH excluding ortho intramolecular Hbond substituents is 1. The summed E-state index contributed by atoms with van der Waals surface area (Å²) in [4.78, 5) is 13.4. The van der Waals surface area contributed by atoms with E-state index in [-0.39, 0.29) is 16.2 Å². The SMILES string of the molecule is NNS(=O)(=O)c1cnn(C(=O)c2ccc(O)cc2)c1. The van der Waals surface area contributed by atoms with Crippen molar-refractivity contribution in [3.8, 4) is 5.75 Å². The molecule has 0 spiro atoms. The highest BCUT2D eigenvalue weighted by molar-refractivity contribution is 7.89. The Labute approximate surface area is 108 Å². The second-order valence-electron chi connectivity index (χ2n) is 3.59. The zero-order chi connectivity index (χ0) is 14.0. The third-order valence-electron chi connectivity index (χ3n) is 2.35. The topological polar surface area (TPSA) is 127 Å². The lowest BCUT2D eigenvalue weighted by atomic mass is 10.2. The Bertz CT molecular complexity index is 705. The molecule has 8 nitrogen and oxygen atoms in total. The van der Waals surface area contributed by atoms with Crippen molar-refractivity contribution in [3.63, 3.8) is 0 Å². The van der Waals surface area contributed by atoms with Crippen molar-refractivity contribution in [2.75, 3.05) is 0 Å². The molecule has 1 aromatic carbocycles. The average Bonchev–Trinajstić information content (AvgIpc) is 2.89. The molecule has 0 saturated heterocycles. The molecule has 2 rings (SSSR count). The molecule has 0 unspecified atom stereocenters. The highest BCUT2D eigenvalue weighted by Crippen LogP contribution is 2.12. The van der Waals surface area contributed by atoms with Crippen molar-refractivity contribution < 1.29 is 18.3 Å². The molecule has 0 aliphatic heterocycles. The summed E-state index contributed by atoms with van der Waals surface area (Å²) < 4.78 is 23.6. The van der Waals surface area contributed by atoms with E-state index in [1.165, 1.54) is 24.3 Å². The minimum Gasteiger partial charge on any atom is -0.508 e. The van der Waals surface area contributed by atoms with Crippen LogP contribution in [0.4, 0.5) is 0 Å². The van der Waals surface area contributed by atoms with E-state index < -0.39 is 15.9 Å². The van der Waals surface area contributed by atoms with Crippen LogP contribution in [0.2, 0.25) is 0 Å². The summed E-state index contributed by atoms with van der Waals surface area (Å²) in [5.41, 5.74) is 0.255. The van der Waals surface area contributed by atoms with E-state index >= 15 is 0 Å². The van der Waals surface area contributed by atoms with Crippen molar-refractivity contribution in [1.82, 2.24) is 14.6 Å². The fraction of sp³-hybridized carbons (Fsp3) is 0. The number of aromatic nitrogens is 2. The number of sulfonamides is 1. The molecule has 0 atom stereocenters. The van der Waals surface area contributed by atoms with E-state index in [2.05, 4.69) is 5.10 Å². The number of carbonyl (C=O) groups excluding carboxylic acids is 1. The number of nitrogens with one attached hydrogen (secondary N) is 1. The minimum atomic E-state index is -3.85. The highest BCUT2D eigenvalue weighted by Gasteiger charge is 2.17. The molecule has 0 saturated carbocycles. The van der Waals surface area contributed by atoms with E-state index in [1.807, 2.05) is 0 Å². The second kappa shape index (κ2) is 4.80. The summed E-state index contributed by atoms with van der Waals surface area (Å²) in [6, 6.07) is 5.48. The first-order chi connectivity index (χ1) is 8.94. The number of rotatable bonds is 3. The van der Waals surface area contributed by atoms with E-state index in [1.54, 1.807) is 4.83 Å². The summed E-state index contributed by atoms with van der Waals surface area (Å²) in [7, 11) is -3.85. The predicted molar refractivity (Wildman–Crippen MR) is 64.6 cm³/mol. The van der Waals surface area contributed by atoms with Gasteiger partial charge in [-0.05, 0) is 24.3 Å². The lowest BCUT2D eigenvalue weighted by Gasteiger charge is -2.00. The molecular weight excluding hydrogens is 272 g/mol. The van der Waals surface area contributed by atoms with Gasteiger partial charge < -0.3 is 5.11 Å². The maximum absolute atomic E-state index is 12.0. The first-order valence-electron chi connectivity index (χ1n) is 5.05. The molecule has 0 aliphatic carbocycles. The quantitative estimate of drug-likeness (QED) is 0.511. The monoisotopic (exact) mass is 282 g/mol. The molecule has 0 bridgehead atoms. The summed E-state index contributed by atoms with van der Waals surface area (Å²) in [6.45, 7) is 0. The van der Waals surface area contributed by atoms with E-state index in [9.17, 15) is 13.2 Å². The van der Waals surface area contributed by atoms with Gasteiger partial charge in [0, 0.05) is 5.56 Å². The van der Waals surface area contributed by atoms with Crippen LogP contribution in [0.15, 0.2) is 41.6 Å². The van der Waals surface area contributed by atoms with Gasteiger partial charge in [0.05, 0.1) is 12.4 Å². The van der Waals surface area contributed by atoms with Crippen LogP contribution in [0.1, 0.15) is 10.4 Å². The van der Waals surface area contributed by atoms with Gasteiger partial charge in [-0.25, -0.2) is 13.1 Å². The van der Waals surface area contributed by atoms with Crippen LogP contribution in [0.5, 0.6) is 5.75 Å². The fourth-order valence-corrected chi connectivity index (χ4v) is 1.92. The van der Waals surface area contributed by atoms with Crippen molar-refractivity contribution in [2.24, 2.45) is 5.84 Å². The number of carbonyl (C=O) groups is 1. The Morgan fingerprint density at radius 2 is 1.95 bits per heavy atom. The Morgan fingerprint density at radius 3 is 2.53 bits per heavy atom. The normalized spacial score (nSPS) is 11.4. The van der Waals surface area contributed by atoms with Crippen LogP contribution in [0.25, 0.3) is 0 Å². The molecule has 0 aliphatic rings. The third-order valence-corrected chi connectivity index (χ3v) is 3.49. The van der Waals surface area contributed by atoms with Crippen LogP contribution in [-0.4, -0.2) is 29.2 Å². The first kappa shape index (κ1) is 13.2. The summed E-state index contributed by atoms with van der Waals surface area (Å²) >= 11 is 0. The number of hydrogen-bond donors (Lipinski definition) is 3. The van der Waals surface area contributed by atoms with Gasteiger partial charge in [-0.15, -0.1) is 4.83 Å². The van der Waals surface area contributed by atoms with Crippen LogP contribution in [0.3, 0.4) is 0 Å². The number of benzene rings is 1.